The number of aromatic nitrogens is 1. The van der Waals surface area contributed by atoms with Gasteiger partial charge in [0.05, 0.1) is 12.8 Å². The number of methoxy groups -OCH3 is 1. The van der Waals surface area contributed by atoms with Gasteiger partial charge in [0.15, 0.2) is 0 Å². The van der Waals surface area contributed by atoms with Crippen molar-refractivity contribution in [3.8, 4) is 5.75 Å². The molecule has 1 unspecified atom stereocenters. The van der Waals surface area contributed by atoms with E-state index in [2.05, 4.69) is 26.9 Å². The van der Waals surface area contributed by atoms with Crippen LogP contribution in [0.1, 0.15) is 5.56 Å². The van der Waals surface area contributed by atoms with E-state index in [-0.39, 0.29) is 6.04 Å². The lowest BCUT2D eigenvalue weighted by Gasteiger charge is -2.37. The van der Waals surface area contributed by atoms with Crippen LogP contribution in [0.25, 0.3) is 0 Å². The Labute approximate surface area is 144 Å². The molecule has 0 radical (unpaired) electrons. The number of hydrogen-bond acceptors (Lipinski definition) is 5. The normalized spacial score (nSPS) is 16.8. The predicted octanol–water partition coefficient (Wildman–Crippen LogP) is 1.78. The summed E-state index contributed by atoms with van der Waals surface area (Å²) in [5.74, 6) is 0.945. The maximum absolute atomic E-state index is 6.33. The molecular formula is C19H26N4O. The van der Waals surface area contributed by atoms with E-state index in [4.69, 9.17) is 10.5 Å². The highest BCUT2D eigenvalue weighted by Crippen LogP contribution is 2.28. The second-order valence-electron chi connectivity index (χ2n) is 6.28. The van der Waals surface area contributed by atoms with Gasteiger partial charge in [-0.15, -0.1) is 0 Å². The minimum atomic E-state index is 0.158. The zero-order valence-corrected chi connectivity index (χ0v) is 14.3. The molecule has 5 heteroatoms. The van der Waals surface area contributed by atoms with Crippen molar-refractivity contribution in [2.75, 3.05) is 44.7 Å². The summed E-state index contributed by atoms with van der Waals surface area (Å²) in [6.07, 6.45) is 4.55. The number of benzene rings is 1. The van der Waals surface area contributed by atoms with Crippen molar-refractivity contribution in [3.05, 3.63) is 54.4 Å². The van der Waals surface area contributed by atoms with Crippen LogP contribution in [0.4, 0.5) is 5.69 Å². The van der Waals surface area contributed by atoms with Crippen LogP contribution in [0, 0.1) is 0 Å². The van der Waals surface area contributed by atoms with Crippen LogP contribution in [-0.2, 0) is 6.42 Å². The molecule has 1 aromatic carbocycles. The molecule has 0 saturated carbocycles. The summed E-state index contributed by atoms with van der Waals surface area (Å²) >= 11 is 0. The molecule has 2 aromatic rings. The Kier molecular flexibility index (Phi) is 5.67. The molecule has 1 fully saturated rings. The van der Waals surface area contributed by atoms with Crippen LogP contribution in [0.3, 0.4) is 0 Å². The molecule has 1 saturated heterocycles. The first-order valence-electron chi connectivity index (χ1n) is 8.51. The van der Waals surface area contributed by atoms with E-state index in [1.807, 2.05) is 36.7 Å². The van der Waals surface area contributed by atoms with Crippen LogP contribution < -0.4 is 15.4 Å². The molecule has 1 aliphatic heterocycles. The molecule has 0 amide bonds. The SMILES string of the molecule is COc1ccccc1N1CCN(CC(N)Cc2ccncc2)CC1. The van der Waals surface area contributed by atoms with Gasteiger partial charge < -0.3 is 15.4 Å². The highest BCUT2D eigenvalue weighted by molar-refractivity contribution is 5.58. The quantitative estimate of drug-likeness (QED) is 0.877. The number of nitrogens with two attached hydrogens (primary N) is 1. The van der Waals surface area contributed by atoms with Crippen LogP contribution in [0.2, 0.25) is 0 Å². The number of para-hydroxylation sites is 2. The third-order valence-electron chi connectivity index (χ3n) is 4.54. The number of hydrogen-bond donors (Lipinski definition) is 1. The van der Waals surface area contributed by atoms with Gasteiger partial charge in [0.25, 0.3) is 0 Å². The molecule has 3 rings (SSSR count). The average molecular weight is 326 g/mol. The number of rotatable bonds is 6. The Hall–Kier alpha value is -2.11. The van der Waals surface area contributed by atoms with Gasteiger partial charge in [0.1, 0.15) is 5.75 Å². The second-order valence-corrected chi connectivity index (χ2v) is 6.28. The fourth-order valence-electron chi connectivity index (χ4n) is 3.28. The van der Waals surface area contributed by atoms with Crippen molar-refractivity contribution in [3.63, 3.8) is 0 Å². The van der Waals surface area contributed by atoms with E-state index >= 15 is 0 Å². The number of nitrogens with zero attached hydrogens (tertiary/aromatic N) is 3. The second kappa shape index (κ2) is 8.13. The lowest BCUT2D eigenvalue weighted by Crippen LogP contribution is -2.50. The predicted molar refractivity (Wildman–Crippen MR) is 97.6 cm³/mol. The molecular weight excluding hydrogens is 300 g/mol. The molecule has 5 nitrogen and oxygen atoms in total. The number of ether oxygens (including phenoxy) is 1. The largest absolute Gasteiger partial charge is 0.495 e. The highest BCUT2D eigenvalue weighted by atomic mass is 16.5. The number of piperazine rings is 1. The summed E-state index contributed by atoms with van der Waals surface area (Å²) in [6, 6.07) is 12.5. The monoisotopic (exact) mass is 326 g/mol. The van der Waals surface area contributed by atoms with E-state index in [9.17, 15) is 0 Å². The summed E-state index contributed by atoms with van der Waals surface area (Å²) in [4.78, 5) is 8.90. The number of pyridine rings is 1. The third-order valence-corrected chi connectivity index (χ3v) is 4.54. The fourth-order valence-corrected chi connectivity index (χ4v) is 3.28. The minimum absolute atomic E-state index is 0.158. The smallest absolute Gasteiger partial charge is 0.142 e. The Balaban J connectivity index is 1.50. The summed E-state index contributed by atoms with van der Waals surface area (Å²) in [5.41, 5.74) is 8.77. The molecule has 2 N–H and O–H groups in total. The van der Waals surface area contributed by atoms with Gasteiger partial charge in [-0.1, -0.05) is 12.1 Å². The number of anilines is 1. The van der Waals surface area contributed by atoms with Crippen LogP contribution in [0.5, 0.6) is 5.75 Å². The Morgan fingerprint density at radius 1 is 1.08 bits per heavy atom. The maximum Gasteiger partial charge on any atom is 0.142 e. The van der Waals surface area contributed by atoms with E-state index in [0.717, 1.165) is 44.9 Å². The van der Waals surface area contributed by atoms with E-state index < -0.39 is 0 Å². The third kappa shape index (κ3) is 4.24. The van der Waals surface area contributed by atoms with Crippen LogP contribution >= 0.6 is 0 Å². The summed E-state index contributed by atoms with van der Waals surface area (Å²) < 4.78 is 5.48. The van der Waals surface area contributed by atoms with Crippen molar-refractivity contribution < 1.29 is 4.74 Å². The first-order valence-corrected chi connectivity index (χ1v) is 8.51. The Bertz CT molecular complexity index is 626. The zero-order chi connectivity index (χ0) is 16.8. The first kappa shape index (κ1) is 16.7. The molecule has 1 aromatic heterocycles. The standard InChI is InChI=1S/C19H26N4O/c1-24-19-5-3-2-4-18(19)23-12-10-22(11-13-23)15-17(20)14-16-6-8-21-9-7-16/h2-9,17H,10-15,20H2,1H3. The van der Waals surface area contributed by atoms with Crippen molar-refractivity contribution in [2.45, 2.75) is 12.5 Å². The van der Waals surface area contributed by atoms with Gasteiger partial charge in [-0.25, -0.2) is 0 Å². The summed E-state index contributed by atoms with van der Waals surface area (Å²) in [7, 11) is 1.73. The first-order chi connectivity index (χ1) is 11.8. The Morgan fingerprint density at radius 3 is 2.50 bits per heavy atom. The maximum atomic E-state index is 6.33. The fraction of sp³-hybridized carbons (Fsp3) is 0.421. The van der Waals surface area contributed by atoms with Crippen molar-refractivity contribution in [1.82, 2.24) is 9.88 Å². The van der Waals surface area contributed by atoms with Gasteiger partial charge in [-0.2, -0.15) is 0 Å². The van der Waals surface area contributed by atoms with Crippen molar-refractivity contribution >= 4 is 5.69 Å². The lowest BCUT2D eigenvalue weighted by molar-refractivity contribution is 0.241. The van der Waals surface area contributed by atoms with Gasteiger partial charge in [-0.05, 0) is 36.2 Å². The molecule has 2 heterocycles. The summed E-state index contributed by atoms with van der Waals surface area (Å²) in [5, 5.41) is 0. The minimum Gasteiger partial charge on any atom is -0.495 e. The highest BCUT2D eigenvalue weighted by Gasteiger charge is 2.20. The van der Waals surface area contributed by atoms with Crippen LogP contribution in [0.15, 0.2) is 48.8 Å². The van der Waals surface area contributed by atoms with Crippen molar-refractivity contribution in [1.29, 1.82) is 0 Å². The zero-order valence-electron chi connectivity index (χ0n) is 14.3. The molecule has 0 bridgehead atoms. The molecule has 0 spiro atoms. The molecule has 24 heavy (non-hydrogen) atoms. The van der Waals surface area contributed by atoms with Crippen LogP contribution in [-0.4, -0.2) is 55.8 Å². The molecule has 0 aliphatic carbocycles. The molecule has 1 atom stereocenters. The van der Waals surface area contributed by atoms with Gasteiger partial charge in [0.2, 0.25) is 0 Å². The topological polar surface area (TPSA) is 54.6 Å². The average Bonchev–Trinajstić information content (AvgIpc) is 2.63. The van der Waals surface area contributed by atoms with Gasteiger partial charge in [-0.3, -0.25) is 9.88 Å². The van der Waals surface area contributed by atoms with E-state index in [0.29, 0.717) is 0 Å². The molecule has 128 valence electrons. The Morgan fingerprint density at radius 2 is 1.79 bits per heavy atom. The van der Waals surface area contributed by atoms with E-state index in [1.165, 1.54) is 11.3 Å². The van der Waals surface area contributed by atoms with Gasteiger partial charge in [0, 0.05) is 51.2 Å². The van der Waals surface area contributed by atoms with Crippen molar-refractivity contribution in [2.24, 2.45) is 5.73 Å². The lowest BCUT2D eigenvalue weighted by atomic mass is 10.1. The molecule has 1 aliphatic rings. The van der Waals surface area contributed by atoms with Gasteiger partial charge >= 0.3 is 0 Å². The summed E-state index contributed by atoms with van der Waals surface area (Å²) in [6.45, 7) is 5.00. The van der Waals surface area contributed by atoms with E-state index in [1.54, 1.807) is 7.11 Å².